The third-order valence-corrected chi connectivity index (χ3v) is 4.00. The Morgan fingerprint density at radius 1 is 1.12 bits per heavy atom. The molecule has 7 heteroatoms. The monoisotopic (exact) mass is 409 g/mol. The predicted octanol–water partition coefficient (Wildman–Crippen LogP) is 4.34. The van der Waals surface area contributed by atoms with Crippen molar-refractivity contribution in [2.75, 3.05) is 5.32 Å². The minimum absolute atomic E-state index is 0.0824. The summed E-state index contributed by atoms with van der Waals surface area (Å²) in [4.78, 5) is 12.0. The van der Waals surface area contributed by atoms with E-state index in [4.69, 9.17) is 12.2 Å². The van der Waals surface area contributed by atoms with Crippen LogP contribution in [0.25, 0.3) is 0 Å². The van der Waals surface area contributed by atoms with Gasteiger partial charge in [-0.3, -0.25) is 15.6 Å². The number of hydrogen-bond acceptors (Lipinski definition) is 2. The highest BCUT2D eigenvalue weighted by Gasteiger charge is 2.12. The average molecular weight is 410 g/mol. The van der Waals surface area contributed by atoms with E-state index >= 15 is 0 Å². The van der Waals surface area contributed by atoms with E-state index in [1.54, 1.807) is 0 Å². The van der Waals surface area contributed by atoms with Crippen molar-refractivity contribution in [1.82, 2.24) is 10.9 Å². The van der Waals surface area contributed by atoms with Gasteiger partial charge in [-0.25, -0.2) is 4.39 Å². The molecule has 126 valence electrons. The molecule has 24 heavy (non-hydrogen) atoms. The number of benzene rings is 2. The summed E-state index contributed by atoms with van der Waals surface area (Å²) < 4.78 is 14.2. The van der Waals surface area contributed by atoms with Crippen LogP contribution in [0.2, 0.25) is 0 Å². The summed E-state index contributed by atoms with van der Waals surface area (Å²) in [5.74, 6) is -0.780. The molecule has 0 saturated heterocycles. The number of amides is 1. The summed E-state index contributed by atoms with van der Waals surface area (Å²) in [6.45, 7) is 4.23. The Bertz CT molecular complexity index is 750. The van der Waals surface area contributed by atoms with E-state index in [1.165, 1.54) is 23.8 Å². The number of rotatable bonds is 3. The first-order chi connectivity index (χ1) is 11.4. The van der Waals surface area contributed by atoms with Gasteiger partial charge in [0, 0.05) is 10.2 Å². The topological polar surface area (TPSA) is 53.2 Å². The number of nitrogens with one attached hydrogen (secondary N) is 3. The van der Waals surface area contributed by atoms with Crippen LogP contribution in [0.1, 0.15) is 35.7 Å². The lowest BCUT2D eigenvalue weighted by atomic mass is 10.0. The molecule has 2 aromatic rings. The lowest BCUT2D eigenvalue weighted by Gasteiger charge is -2.13. The highest BCUT2D eigenvalue weighted by atomic mass is 79.9. The van der Waals surface area contributed by atoms with Gasteiger partial charge in [-0.2, -0.15) is 0 Å². The van der Waals surface area contributed by atoms with E-state index in [9.17, 15) is 9.18 Å². The maximum Gasteiger partial charge on any atom is 0.272 e. The van der Waals surface area contributed by atoms with E-state index in [2.05, 4.69) is 45.9 Å². The van der Waals surface area contributed by atoms with E-state index < -0.39 is 11.7 Å². The lowest BCUT2D eigenvalue weighted by Crippen LogP contribution is -2.44. The molecule has 0 bridgehead atoms. The van der Waals surface area contributed by atoms with Gasteiger partial charge in [0.25, 0.3) is 5.91 Å². The number of hydrazine groups is 1. The van der Waals surface area contributed by atoms with Gasteiger partial charge in [0.05, 0.1) is 5.56 Å². The molecular weight excluding hydrogens is 393 g/mol. The minimum Gasteiger partial charge on any atom is -0.331 e. The molecule has 0 atom stereocenters. The second-order valence-electron chi connectivity index (χ2n) is 5.43. The molecule has 0 fully saturated rings. The van der Waals surface area contributed by atoms with Gasteiger partial charge in [0.2, 0.25) is 0 Å². The van der Waals surface area contributed by atoms with Crippen LogP contribution in [0.4, 0.5) is 10.1 Å². The largest absolute Gasteiger partial charge is 0.331 e. The molecule has 0 spiro atoms. The molecule has 0 radical (unpaired) electrons. The van der Waals surface area contributed by atoms with Gasteiger partial charge in [-0.05, 0) is 54.0 Å². The molecule has 0 aliphatic carbocycles. The van der Waals surface area contributed by atoms with Gasteiger partial charge < -0.3 is 5.32 Å². The summed E-state index contributed by atoms with van der Waals surface area (Å²) in [6, 6.07) is 11.9. The van der Waals surface area contributed by atoms with E-state index in [0.29, 0.717) is 10.4 Å². The second-order valence-corrected chi connectivity index (χ2v) is 6.76. The molecular formula is C17H17BrFN3OS. The first kappa shape index (κ1) is 18.4. The Morgan fingerprint density at radius 3 is 2.42 bits per heavy atom. The van der Waals surface area contributed by atoms with Crippen LogP contribution in [0, 0.1) is 5.82 Å². The predicted molar refractivity (Wildman–Crippen MR) is 101 cm³/mol. The van der Waals surface area contributed by atoms with Crippen LogP contribution in [-0.2, 0) is 0 Å². The fraction of sp³-hybridized carbons (Fsp3) is 0.176. The van der Waals surface area contributed by atoms with Crippen molar-refractivity contribution in [3.8, 4) is 0 Å². The summed E-state index contributed by atoms with van der Waals surface area (Å²) in [7, 11) is 0. The van der Waals surface area contributed by atoms with Crippen molar-refractivity contribution in [3.05, 3.63) is 63.9 Å². The van der Waals surface area contributed by atoms with Crippen molar-refractivity contribution in [2.24, 2.45) is 0 Å². The van der Waals surface area contributed by atoms with Crippen LogP contribution in [0.15, 0.2) is 46.9 Å². The van der Waals surface area contributed by atoms with Crippen LogP contribution < -0.4 is 16.2 Å². The highest BCUT2D eigenvalue weighted by Crippen LogP contribution is 2.17. The summed E-state index contributed by atoms with van der Waals surface area (Å²) in [5, 5.41) is 3.15. The summed E-state index contributed by atoms with van der Waals surface area (Å²) in [6.07, 6.45) is 0. The Labute approximate surface area is 153 Å². The number of anilines is 1. The number of carbonyl (C=O) groups excluding carboxylic acids is 1. The third-order valence-electron chi connectivity index (χ3n) is 3.30. The number of carbonyl (C=O) groups is 1. The summed E-state index contributed by atoms with van der Waals surface area (Å²) >= 11 is 8.31. The second kappa shape index (κ2) is 8.21. The molecule has 2 rings (SSSR count). The maximum absolute atomic E-state index is 13.6. The number of hydrogen-bond donors (Lipinski definition) is 3. The fourth-order valence-electron chi connectivity index (χ4n) is 1.97. The fourth-order valence-corrected chi connectivity index (χ4v) is 2.50. The van der Waals surface area contributed by atoms with Crippen molar-refractivity contribution in [2.45, 2.75) is 19.8 Å². The Morgan fingerprint density at radius 2 is 1.79 bits per heavy atom. The summed E-state index contributed by atoms with van der Waals surface area (Å²) in [5.41, 5.74) is 6.84. The van der Waals surface area contributed by atoms with Crippen molar-refractivity contribution in [1.29, 1.82) is 0 Å². The van der Waals surface area contributed by atoms with Gasteiger partial charge in [0.15, 0.2) is 5.11 Å². The Balaban J connectivity index is 1.90. The molecule has 0 aliphatic rings. The maximum atomic E-state index is 13.6. The molecule has 0 unspecified atom stereocenters. The van der Waals surface area contributed by atoms with Crippen LogP contribution in [-0.4, -0.2) is 11.0 Å². The Kier molecular flexibility index (Phi) is 6.28. The molecule has 4 nitrogen and oxygen atoms in total. The standard InChI is InChI=1S/C17H17BrFN3OS/c1-10(2)11-3-6-13(7-4-11)20-17(24)22-21-16(23)14-9-12(18)5-8-15(14)19/h3-10H,1-2H3,(H,21,23)(H2,20,22,24). The molecule has 1 amide bonds. The zero-order valence-corrected chi connectivity index (χ0v) is 15.6. The molecule has 0 heterocycles. The van der Waals surface area contributed by atoms with Gasteiger partial charge >= 0.3 is 0 Å². The molecule has 0 aromatic heterocycles. The van der Waals surface area contributed by atoms with Crippen molar-refractivity contribution in [3.63, 3.8) is 0 Å². The van der Waals surface area contributed by atoms with Gasteiger partial charge in [0.1, 0.15) is 5.82 Å². The van der Waals surface area contributed by atoms with E-state index in [0.717, 1.165) is 5.69 Å². The number of halogens is 2. The highest BCUT2D eigenvalue weighted by molar-refractivity contribution is 9.10. The SMILES string of the molecule is CC(C)c1ccc(NC(=S)NNC(=O)c2cc(Br)ccc2F)cc1. The van der Waals surface area contributed by atoms with Crippen LogP contribution in [0.3, 0.4) is 0 Å². The average Bonchev–Trinajstić information content (AvgIpc) is 2.55. The minimum atomic E-state index is -0.617. The zero-order valence-electron chi connectivity index (χ0n) is 13.2. The molecule has 0 saturated carbocycles. The van der Waals surface area contributed by atoms with Crippen molar-refractivity contribution < 1.29 is 9.18 Å². The van der Waals surface area contributed by atoms with E-state index in [1.807, 2.05) is 24.3 Å². The van der Waals surface area contributed by atoms with Crippen LogP contribution in [0.5, 0.6) is 0 Å². The van der Waals surface area contributed by atoms with Gasteiger partial charge in [-0.1, -0.05) is 41.9 Å². The Hall–Kier alpha value is -1.99. The first-order valence-electron chi connectivity index (χ1n) is 7.29. The first-order valence-corrected chi connectivity index (χ1v) is 8.49. The van der Waals surface area contributed by atoms with Crippen molar-refractivity contribution >= 4 is 44.9 Å². The number of thiocarbonyl (C=S) groups is 1. The third kappa shape index (κ3) is 5.01. The smallest absolute Gasteiger partial charge is 0.272 e. The zero-order chi connectivity index (χ0) is 17.7. The normalized spacial score (nSPS) is 10.4. The van der Waals surface area contributed by atoms with E-state index in [-0.39, 0.29) is 10.7 Å². The van der Waals surface area contributed by atoms with Gasteiger partial charge in [-0.15, -0.1) is 0 Å². The quantitative estimate of drug-likeness (QED) is 0.521. The molecule has 0 aliphatic heterocycles. The lowest BCUT2D eigenvalue weighted by molar-refractivity contribution is 0.0940. The molecule has 3 N–H and O–H groups in total. The molecule has 2 aromatic carbocycles. The van der Waals surface area contributed by atoms with Crippen LogP contribution >= 0.6 is 28.1 Å².